The van der Waals surface area contributed by atoms with E-state index in [1.54, 1.807) is 49.3 Å². The van der Waals surface area contributed by atoms with Gasteiger partial charge in [-0.2, -0.15) is 0 Å². The summed E-state index contributed by atoms with van der Waals surface area (Å²) >= 11 is 0. The molecule has 1 aliphatic heterocycles. The molecule has 0 radical (unpaired) electrons. The lowest BCUT2D eigenvalue weighted by Crippen LogP contribution is -2.28. The number of hydrogen-bond donors (Lipinski definition) is 1. The SMILES string of the molecule is CCOc1cc(C(=O)N(C)Cc2cccc3c2CN=C3C(=O)NC)ccc1-c1cccc(F)c1. The van der Waals surface area contributed by atoms with E-state index in [4.69, 9.17) is 4.74 Å². The lowest BCUT2D eigenvalue weighted by Gasteiger charge is -2.20. The van der Waals surface area contributed by atoms with Gasteiger partial charge in [0, 0.05) is 37.3 Å². The molecule has 6 nitrogen and oxygen atoms in total. The molecule has 3 aromatic rings. The number of hydrogen-bond acceptors (Lipinski definition) is 4. The molecular weight excluding hydrogens is 433 g/mol. The van der Waals surface area contributed by atoms with Crippen LogP contribution in [0.4, 0.5) is 4.39 Å². The highest BCUT2D eigenvalue weighted by Crippen LogP contribution is 2.32. The number of ether oxygens (including phenoxy) is 1. The average Bonchev–Trinajstić information content (AvgIpc) is 3.28. The van der Waals surface area contributed by atoms with Crippen LogP contribution in [-0.2, 0) is 17.9 Å². The number of fused-ring (bicyclic) bond motifs is 1. The van der Waals surface area contributed by atoms with E-state index in [0.717, 1.165) is 22.3 Å². The second-order valence-corrected chi connectivity index (χ2v) is 8.00. The molecule has 0 atom stereocenters. The van der Waals surface area contributed by atoms with Gasteiger partial charge in [-0.15, -0.1) is 0 Å². The van der Waals surface area contributed by atoms with Crippen molar-refractivity contribution in [1.82, 2.24) is 10.2 Å². The van der Waals surface area contributed by atoms with Crippen LogP contribution in [0.3, 0.4) is 0 Å². The Morgan fingerprint density at radius 3 is 2.62 bits per heavy atom. The summed E-state index contributed by atoms with van der Waals surface area (Å²) in [7, 11) is 3.31. The third-order valence-electron chi connectivity index (χ3n) is 5.78. The highest BCUT2D eigenvalue weighted by molar-refractivity contribution is 6.46. The van der Waals surface area contributed by atoms with Gasteiger partial charge in [0.05, 0.1) is 13.2 Å². The van der Waals surface area contributed by atoms with Gasteiger partial charge in [-0.1, -0.05) is 30.3 Å². The monoisotopic (exact) mass is 459 g/mol. The summed E-state index contributed by atoms with van der Waals surface area (Å²) in [6.07, 6.45) is 0. The summed E-state index contributed by atoms with van der Waals surface area (Å²) in [6, 6.07) is 17.2. The quantitative estimate of drug-likeness (QED) is 0.575. The van der Waals surface area contributed by atoms with Crippen LogP contribution in [0.15, 0.2) is 65.7 Å². The molecule has 3 aromatic carbocycles. The van der Waals surface area contributed by atoms with Crippen molar-refractivity contribution >= 4 is 17.5 Å². The van der Waals surface area contributed by atoms with E-state index in [1.165, 1.54) is 12.1 Å². The summed E-state index contributed by atoms with van der Waals surface area (Å²) in [5.41, 5.74) is 5.00. The van der Waals surface area contributed by atoms with Crippen LogP contribution in [0.1, 0.15) is 34.0 Å². The van der Waals surface area contributed by atoms with Crippen molar-refractivity contribution in [2.24, 2.45) is 4.99 Å². The van der Waals surface area contributed by atoms with E-state index in [0.29, 0.717) is 42.3 Å². The molecule has 0 saturated heterocycles. The minimum absolute atomic E-state index is 0.171. The van der Waals surface area contributed by atoms with Gasteiger partial charge in [0.15, 0.2) is 0 Å². The topological polar surface area (TPSA) is 71.0 Å². The molecule has 0 aliphatic carbocycles. The molecule has 4 rings (SSSR count). The fourth-order valence-electron chi connectivity index (χ4n) is 4.12. The first-order valence-electron chi connectivity index (χ1n) is 11.1. The molecule has 1 N–H and O–H groups in total. The Morgan fingerprint density at radius 2 is 1.88 bits per heavy atom. The Bertz CT molecular complexity index is 1290. The normalized spacial score (nSPS) is 12.1. The summed E-state index contributed by atoms with van der Waals surface area (Å²) in [5, 5.41) is 2.62. The first kappa shape index (κ1) is 23.2. The van der Waals surface area contributed by atoms with Crippen LogP contribution in [0.2, 0.25) is 0 Å². The number of carbonyl (C=O) groups excluding carboxylic acids is 2. The number of rotatable bonds is 7. The fraction of sp³-hybridized carbons (Fsp3) is 0.222. The first-order valence-corrected chi connectivity index (χ1v) is 11.1. The summed E-state index contributed by atoms with van der Waals surface area (Å²) < 4.78 is 19.5. The molecule has 34 heavy (non-hydrogen) atoms. The number of amides is 2. The Balaban J connectivity index is 1.58. The predicted molar refractivity (Wildman–Crippen MR) is 130 cm³/mol. The molecule has 0 saturated carbocycles. The third kappa shape index (κ3) is 4.55. The molecule has 0 bridgehead atoms. The second-order valence-electron chi connectivity index (χ2n) is 8.00. The summed E-state index contributed by atoms with van der Waals surface area (Å²) in [4.78, 5) is 31.3. The molecule has 0 spiro atoms. The highest BCUT2D eigenvalue weighted by atomic mass is 19.1. The van der Waals surface area contributed by atoms with Crippen molar-refractivity contribution in [3.63, 3.8) is 0 Å². The van der Waals surface area contributed by atoms with E-state index >= 15 is 0 Å². The molecule has 0 fully saturated rings. The van der Waals surface area contributed by atoms with E-state index < -0.39 is 0 Å². The van der Waals surface area contributed by atoms with Crippen LogP contribution in [0.5, 0.6) is 5.75 Å². The minimum Gasteiger partial charge on any atom is -0.493 e. The lowest BCUT2D eigenvalue weighted by molar-refractivity contribution is -0.114. The summed E-state index contributed by atoms with van der Waals surface area (Å²) in [6.45, 7) is 3.06. The molecule has 2 amide bonds. The standard InChI is InChI=1S/C27H26FN3O3/c1-4-34-24-14-18(11-12-21(24)17-7-5-9-20(28)13-17)27(33)31(3)16-19-8-6-10-22-23(19)15-30-25(22)26(32)29-2/h5-14H,4,15-16H2,1-3H3,(H,29,32). The number of carbonyl (C=O) groups is 2. The maximum absolute atomic E-state index is 13.7. The number of benzene rings is 3. The number of likely N-dealkylation sites (N-methyl/N-ethyl adjacent to an activating group) is 1. The van der Waals surface area contributed by atoms with Crippen molar-refractivity contribution < 1.29 is 18.7 Å². The molecule has 0 aromatic heterocycles. The zero-order valence-electron chi connectivity index (χ0n) is 19.4. The van der Waals surface area contributed by atoms with Crippen molar-refractivity contribution in [2.45, 2.75) is 20.0 Å². The molecule has 1 aliphatic rings. The van der Waals surface area contributed by atoms with Crippen molar-refractivity contribution in [2.75, 3.05) is 20.7 Å². The van der Waals surface area contributed by atoms with Crippen LogP contribution >= 0.6 is 0 Å². The molecule has 7 heteroatoms. The second kappa shape index (κ2) is 9.87. The lowest BCUT2D eigenvalue weighted by atomic mass is 9.99. The Hall–Kier alpha value is -4.00. The predicted octanol–water partition coefficient (Wildman–Crippen LogP) is 4.21. The third-order valence-corrected chi connectivity index (χ3v) is 5.78. The number of nitrogens with zero attached hydrogens (tertiary/aromatic N) is 2. The minimum atomic E-state index is -0.334. The van der Waals surface area contributed by atoms with Gasteiger partial charge in [0.25, 0.3) is 11.8 Å². The molecule has 174 valence electrons. The van der Waals surface area contributed by atoms with Crippen LogP contribution in [-0.4, -0.2) is 43.1 Å². The molecular formula is C27H26FN3O3. The maximum Gasteiger partial charge on any atom is 0.269 e. The highest BCUT2D eigenvalue weighted by Gasteiger charge is 2.24. The van der Waals surface area contributed by atoms with Crippen molar-refractivity contribution in [1.29, 1.82) is 0 Å². The van der Waals surface area contributed by atoms with Gasteiger partial charge in [0.1, 0.15) is 17.3 Å². The zero-order chi connectivity index (χ0) is 24.2. The smallest absolute Gasteiger partial charge is 0.269 e. The van der Waals surface area contributed by atoms with E-state index in [-0.39, 0.29) is 17.6 Å². The number of halogens is 1. The number of aliphatic imine (C=N–C) groups is 1. The van der Waals surface area contributed by atoms with Crippen LogP contribution < -0.4 is 10.1 Å². The van der Waals surface area contributed by atoms with E-state index in [9.17, 15) is 14.0 Å². The molecule has 1 heterocycles. The maximum atomic E-state index is 13.7. The van der Waals surface area contributed by atoms with Gasteiger partial charge < -0.3 is 15.0 Å². The van der Waals surface area contributed by atoms with Crippen molar-refractivity contribution in [3.8, 4) is 16.9 Å². The zero-order valence-corrected chi connectivity index (χ0v) is 19.4. The Labute approximate surface area is 198 Å². The van der Waals surface area contributed by atoms with Gasteiger partial charge in [-0.3, -0.25) is 14.6 Å². The van der Waals surface area contributed by atoms with Crippen LogP contribution in [0, 0.1) is 5.82 Å². The van der Waals surface area contributed by atoms with Gasteiger partial charge in [-0.25, -0.2) is 4.39 Å². The fourth-order valence-corrected chi connectivity index (χ4v) is 4.12. The van der Waals surface area contributed by atoms with E-state index in [1.807, 2.05) is 25.1 Å². The van der Waals surface area contributed by atoms with Crippen molar-refractivity contribution in [3.05, 3.63) is 88.7 Å². The Morgan fingerprint density at radius 1 is 1.09 bits per heavy atom. The van der Waals surface area contributed by atoms with Gasteiger partial charge >= 0.3 is 0 Å². The van der Waals surface area contributed by atoms with Gasteiger partial charge in [0.2, 0.25) is 0 Å². The largest absolute Gasteiger partial charge is 0.493 e. The Kier molecular flexibility index (Phi) is 6.72. The first-order chi connectivity index (χ1) is 16.4. The van der Waals surface area contributed by atoms with Gasteiger partial charge in [-0.05, 0) is 53.9 Å². The van der Waals surface area contributed by atoms with Crippen LogP contribution in [0.25, 0.3) is 11.1 Å². The molecule has 0 unspecified atom stereocenters. The number of nitrogens with one attached hydrogen (secondary N) is 1. The van der Waals surface area contributed by atoms with E-state index in [2.05, 4.69) is 10.3 Å². The average molecular weight is 460 g/mol. The summed E-state index contributed by atoms with van der Waals surface area (Å²) in [5.74, 6) is -0.202.